The molecule has 2 heteroatoms. The highest BCUT2D eigenvalue weighted by Crippen LogP contribution is 2.63. The van der Waals surface area contributed by atoms with Crippen LogP contribution >= 0.6 is 11.3 Å². The maximum absolute atomic E-state index is 2.49. The van der Waals surface area contributed by atoms with Crippen molar-refractivity contribution >= 4 is 59.3 Å². The molecule has 0 aliphatic heterocycles. The molecule has 284 valence electrons. The van der Waals surface area contributed by atoms with Gasteiger partial charge >= 0.3 is 0 Å². The molecule has 0 N–H and O–H groups in total. The Morgan fingerprint density at radius 3 is 1.59 bits per heavy atom. The Labute approximate surface area is 359 Å². The molecule has 1 aromatic heterocycles. The number of anilines is 3. The van der Waals surface area contributed by atoms with Crippen LogP contribution in [0.3, 0.4) is 0 Å². The van der Waals surface area contributed by atoms with Gasteiger partial charge in [0.05, 0.1) is 5.41 Å². The summed E-state index contributed by atoms with van der Waals surface area (Å²) in [6, 6.07) is 83.6. The molecule has 10 aromatic carbocycles. The number of nitrogens with zero attached hydrogens (tertiary/aromatic N) is 1. The highest BCUT2D eigenvalue weighted by atomic mass is 32.1. The third-order valence-corrected chi connectivity index (χ3v) is 14.4. The third-order valence-electron chi connectivity index (χ3n) is 13.3. The first-order valence-corrected chi connectivity index (χ1v) is 21.9. The average Bonchev–Trinajstić information content (AvgIpc) is 3.96. The Morgan fingerprint density at radius 1 is 0.311 bits per heavy atom. The molecule has 0 atom stereocenters. The van der Waals surface area contributed by atoms with Crippen LogP contribution in [-0.4, -0.2) is 0 Å². The van der Waals surface area contributed by atoms with Gasteiger partial charge in [0.15, 0.2) is 0 Å². The number of hydrogen-bond acceptors (Lipinski definition) is 2. The summed E-state index contributed by atoms with van der Waals surface area (Å²) in [5.74, 6) is 0. The maximum Gasteiger partial charge on any atom is 0.0726 e. The second-order valence-corrected chi connectivity index (χ2v) is 17.4. The van der Waals surface area contributed by atoms with E-state index in [9.17, 15) is 0 Å². The fourth-order valence-corrected chi connectivity index (χ4v) is 11.9. The smallest absolute Gasteiger partial charge is 0.0726 e. The van der Waals surface area contributed by atoms with Gasteiger partial charge < -0.3 is 4.90 Å². The summed E-state index contributed by atoms with van der Waals surface area (Å²) in [5.41, 5.74) is 18.4. The number of fused-ring (bicyclic) bond motifs is 14. The van der Waals surface area contributed by atoms with Gasteiger partial charge in [-0.25, -0.2) is 0 Å². The van der Waals surface area contributed by atoms with Crippen LogP contribution in [0.5, 0.6) is 0 Å². The minimum atomic E-state index is -0.434. The summed E-state index contributed by atoms with van der Waals surface area (Å²) in [6.07, 6.45) is 0. The lowest BCUT2D eigenvalue weighted by Gasteiger charge is -2.32. The molecule has 0 saturated carbocycles. The molecule has 0 amide bonds. The molecule has 13 rings (SSSR count). The van der Waals surface area contributed by atoms with Crippen LogP contribution in [-0.2, 0) is 5.41 Å². The maximum atomic E-state index is 2.49. The van der Waals surface area contributed by atoms with Crippen LogP contribution in [0.1, 0.15) is 22.3 Å². The Balaban J connectivity index is 1.04. The van der Waals surface area contributed by atoms with E-state index in [0.717, 1.165) is 17.1 Å². The minimum absolute atomic E-state index is 0.434. The van der Waals surface area contributed by atoms with Crippen LogP contribution in [0.4, 0.5) is 17.1 Å². The van der Waals surface area contributed by atoms with Crippen LogP contribution in [0.15, 0.2) is 224 Å². The number of rotatable bonds is 5. The normalized spacial score (nSPS) is 13.0. The Hall–Kier alpha value is -7.52. The first kappa shape index (κ1) is 34.4. The van der Waals surface area contributed by atoms with Crippen molar-refractivity contribution in [2.24, 2.45) is 0 Å². The van der Waals surface area contributed by atoms with Gasteiger partial charge in [-0.2, -0.15) is 0 Å². The van der Waals surface area contributed by atoms with Gasteiger partial charge in [-0.15, -0.1) is 11.3 Å². The van der Waals surface area contributed by atoms with E-state index in [1.165, 1.54) is 97.7 Å². The highest BCUT2D eigenvalue weighted by molar-refractivity contribution is 7.25. The van der Waals surface area contributed by atoms with Crippen molar-refractivity contribution in [2.75, 3.05) is 4.90 Å². The lowest BCUT2D eigenvalue weighted by atomic mass is 9.70. The topological polar surface area (TPSA) is 3.24 Å². The molecule has 0 fully saturated rings. The van der Waals surface area contributed by atoms with Gasteiger partial charge in [-0.1, -0.05) is 176 Å². The van der Waals surface area contributed by atoms with E-state index in [0.29, 0.717) is 0 Å². The molecule has 0 unspecified atom stereocenters. The second-order valence-electron chi connectivity index (χ2n) is 16.4. The molecule has 0 radical (unpaired) electrons. The van der Waals surface area contributed by atoms with Crippen molar-refractivity contribution in [1.82, 2.24) is 0 Å². The molecule has 61 heavy (non-hydrogen) atoms. The van der Waals surface area contributed by atoms with Crippen molar-refractivity contribution in [3.63, 3.8) is 0 Å². The summed E-state index contributed by atoms with van der Waals surface area (Å²) in [7, 11) is 0. The van der Waals surface area contributed by atoms with Crippen molar-refractivity contribution < 1.29 is 0 Å². The molecule has 1 spiro atoms. The summed E-state index contributed by atoms with van der Waals surface area (Å²) in [5, 5.41) is 5.14. The first-order chi connectivity index (χ1) is 30.3. The Bertz CT molecular complexity index is 3490. The van der Waals surface area contributed by atoms with Gasteiger partial charge in [0.25, 0.3) is 0 Å². The van der Waals surface area contributed by atoms with Gasteiger partial charge in [0.2, 0.25) is 0 Å². The largest absolute Gasteiger partial charge is 0.310 e. The Morgan fingerprint density at radius 2 is 0.836 bits per heavy atom. The summed E-state index contributed by atoms with van der Waals surface area (Å²) in [4.78, 5) is 2.46. The van der Waals surface area contributed by atoms with E-state index < -0.39 is 5.41 Å². The predicted molar refractivity (Wildman–Crippen MR) is 259 cm³/mol. The highest BCUT2D eigenvalue weighted by Gasteiger charge is 2.51. The molecule has 0 saturated heterocycles. The van der Waals surface area contributed by atoms with Crippen molar-refractivity contribution in [3.8, 4) is 44.5 Å². The number of hydrogen-bond donors (Lipinski definition) is 0. The quantitative estimate of drug-likeness (QED) is 0.168. The van der Waals surface area contributed by atoms with E-state index in [4.69, 9.17) is 0 Å². The predicted octanol–water partition coefficient (Wildman–Crippen LogP) is 16.4. The van der Waals surface area contributed by atoms with Crippen molar-refractivity contribution in [3.05, 3.63) is 247 Å². The van der Waals surface area contributed by atoms with Crippen molar-refractivity contribution in [2.45, 2.75) is 5.41 Å². The van der Waals surface area contributed by atoms with Gasteiger partial charge in [0.1, 0.15) is 0 Å². The van der Waals surface area contributed by atoms with Crippen LogP contribution in [0.2, 0.25) is 0 Å². The van der Waals surface area contributed by atoms with Crippen molar-refractivity contribution in [1.29, 1.82) is 0 Å². The molecular weight excluding hydrogens is 755 g/mol. The SMILES string of the molecule is c1cc(-c2cccc3sc4ccccc4c23)cc(N(c2ccc(-c3cccc4ccccc34)cc2)c2ccc3c(c2)C2(c4ccccc4-c4ccccc42)c2ccccc2-3)c1. The fourth-order valence-electron chi connectivity index (χ4n) is 10.8. The third kappa shape index (κ3) is 4.94. The lowest BCUT2D eigenvalue weighted by molar-refractivity contribution is 0.793. The first-order valence-electron chi connectivity index (χ1n) is 21.1. The van der Waals surface area contributed by atoms with E-state index in [1.807, 2.05) is 11.3 Å². The van der Waals surface area contributed by atoms with Gasteiger partial charge in [-0.05, 0) is 126 Å². The Kier molecular flexibility index (Phi) is 7.46. The molecule has 2 aliphatic rings. The van der Waals surface area contributed by atoms with Crippen LogP contribution in [0.25, 0.3) is 75.5 Å². The molecule has 0 bridgehead atoms. The standard InChI is InChI=1S/C59H37NS/c1-2-18-44-38(14-1)15-12-23-45(44)39-30-32-41(33-31-39)60(42-17-11-16-40(36-42)46-24-13-29-57-58(46)51-22-6-10-28-56(51)61-57)43-34-35-50-49-21-5-9-27-54(49)59(55(50)37-43)52-25-7-3-19-47(52)48-20-4-8-26-53(48)59/h1-37H. The van der Waals surface area contributed by atoms with E-state index in [-0.39, 0.29) is 0 Å². The zero-order valence-electron chi connectivity index (χ0n) is 33.2. The molecule has 2 aliphatic carbocycles. The van der Waals surface area contributed by atoms with Gasteiger partial charge in [0, 0.05) is 37.2 Å². The summed E-state index contributed by atoms with van der Waals surface area (Å²) >= 11 is 1.87. The lowest BCUT2D eigenvalue weighted by Crippen LogP contribution is -2.26. The summed E-state index contributed by atoms with van der Waals surface area (Å²) < 4.78 is 2.63. The van der Waals surface area contributed by atoms with Crippen LogP contribution in [0, 0.1) is 0 Å². The van der Waals surface area contributed by atoms with E-state index in [2.05, 4.69) is 229 Å². The molecule has 11 aromatic rings. The van der Waals surface area contributed by atoms with Crippen LogP contribution < -0.4 is 4.90 Å². The number of benzene rings is 10. The van der Waals surface area contributed by atoms with Gasteiger partial charge in [-0.3, -0.25) is 0 Å². The zero-order chi connectivity index (χ0) is 40.1. The number of thiophene rings is 1. The molecule has 1 heterocycles. The minimum Gasteiger partial charge on any atom is -0.310 e. The van der Waals surface area contributed by atoms with E-state index in [1.54, 1.807) is 0 Å². The average molecular weight is 792 g/mol. The fraction of sp³-hybridized carbons (Fsp3) is 0.0169. The zero-order valence-corrected chi connectivity index (χ0v) is 34.0. The second kappa shape index (κ2) is 13.2. The van der Waals surface area contributed by atoms with E-state index >= 15 is 0 Å². The molecule has 1 nitrogen and oxygen atoms in total. The molecular formula is C59H37NS. The monoisotopic (exact) mass is 791 g/mol. The summed E-state index contributed by atoms with van der Waals surface area (Å²) in [6.45, 7) is 0.